The predicted octanol–water partition coefficient (Wildman–Crippen LogP) is 3.02. The van der Waals surface area contributed by atoms with Gasteiger partial charge in [0.1, 0.15) is 0 Å². The van der Waals surface area contributed by atoms with Gasteiger partial charge in [0.25, 0.3) is 0 Å². The van der Waals surface area contributed by atoms with Crippen LogP contribution in [0.3, 0.4) is 0 Å². The summed E-state index contributed by atoms with van der Waals surface area (Å²) in [6, 6.07) is 14.8. The molecule has 2 amide bonds. The molecule has 1 heterocycles. The first-order valence-corrected chi connectivity index (χ1v) is 9.17. The molecule has 1 aliphatic heterocycles. The molecule has 4 nitrogen and oxygen atoms in total. The fraction of sp³-hybridized carbons (Fsp3) is 0.429. The third-order valence-corrected chi connectivity index (χ3v) is 5.58. The van der Waals surface area contributed by atoms with Gasteiger partial charge in [-0.1, -0.05) is 42.5 Å². The molecule has 130 valence electrons. The average Bonchev–Trinajstić information content (AvgIpc) is 3.44. The third kappa shape index (κ3) is 3.13. The molecular formula is C21H24N2O2. The largest absolute Gasteiger partial charge is 0.341 e. The van der Waals surface area contributed by atoms with Gasteiger partial charge in [0.2, 0.25) is 11.8 Å². The zero-order valence-electron chi connectivity index (χ0n) is 14.6. The second-order valence-electron chi connectivity index (χ2n) is 7.20. The first-order chi connectivity index (χ1) is 12.1. The van der Waals surface area contributed by atoms with Gasteiger partial charge in [-0.3, -0.25) is 9.59 Å². The monoisotopic (exact) mass is 336 g/mol. The molecule has 2 aliphatic rings. The zero-order valence-corrected chi connectivity index (χ0v) is 14.6. The summed E-state index contributed by atoms with van der Waals surface area (Å²) in [6.07, 6.45) is 1.82. The van der Waals surface area contributed by atoms with Crippen molar-refractivity contribution in [3.8, 4) is 0 Å². The van der Waals surface area contributed by atoms with Gasteiger partial charge in [0.15, 0.2) is 0 Å². The summed E-state index contributed by atoms with van der Waals surface area (Å²) in [6.45, 7) is 4.46. The van der Waals surface area contributed by atoms with Crippen molar-refractivity contribution in [2.75, 3.05) is 26.2 Å². The number of benzene rings is 2. The van der Waals surface area contributed by atoms with E-state index in [4.69, 9.17) is 0 Å². The highest BCUT2D eigenvalue weighted by Gasteiger charge is 2.46. The minimum atomic E-state index is 0.106. The van der Waals surface area contributed by atoms with Crippen LogP contribution in [0.15, 0.2) is 42.5 Å². The fourth-order valence-corrected chi connectivity index (χ4v) is 4.07. The van der Waals surface area contributed by atoms with Crippen LogP contribution in [0.2, 0.25) is 0 Å². The maximum Gasteiger partial charge on any atom is 0.226 e. The minimum absolute atomic E-state index is 0.106. The van der Waals surface area contributed by atoms with E-state index in [1.807, 2.05) is 9.80 Å². The lowest BCUT2D eigenvalue weighted by Crippen LogP contribution is -2.37. The highest BCUT2D eigenvalue weighted by Crippen LogP contribution is 2.50. The lowest BCUT2D eigenvalue weighted by molar-refractivity contribution is -0.133. The van der Waals surface area contributed by atoms with Crippen molar-refractivity contribution >= 4 is 22.6 Å². The second-order valence-corrected chi connectivity index (χ2v) is 7.20. The van der Waals surface area contributed by atoms with E-state index in [1.165, 1.54) is 16.3 Å². The van der Waals surface area contributed by atoms with E-state index in [0.29, 0.717) is 19.0 Å². The molecule has 0 unspecified atom stereocenters. The summed E-state index contributed by atoms with van der Waals surface area (Å²) >= 11 is 0. The molecule has 1 aliphatic carbocycles. The predicted molar refractivity (Wildman–Crippen MR) is 98.2 cm³/mol. The van der Waals surface area contributed by atoms with Crippen molar-refractivity contribution in [1.82, 2.24) is 9.80 Å². The Morgan fingerprint density at radius 1 is 0.920 bits per heavy atom. The van der Waals surface area contributed by atoms with Crippen LogP contribution in [-0.4, -0.2) is 47.8 Å². The molecule has 1 saturated carbocycles. The summed E-state index contributed by atoms with van der Waals surface area (Å²) in [5.74, 6) is 0.818. The van der Waals surface area contributed by atoms with E-state index >= 15 is 0 Å². The summed E-state index contributed by atoms with van der Waals surface area (Å²) in [5.41, 5.74) is 1.30. The Morgan fingerprint density at radius 2 is 1.64 bits per heavy atom. The molecule has 2 aromatic rings. The van der Waals surface area contributed by atoms with E-state index in [-0.39, 0.29) is 17.7 Å². The summed E-state index contributed by atoms with van der Waals surface area (Å²) < 4.78 is 0. The number of nitrogens with zero attached hydrogens (tertiary/aromatic N) is 2. The van der Waals surface area contributed by atoms with Gasteiger partial charge in [0.05, 0.1) is 0 Å². The molecule has 0 N–H and O–H groups in total. The van der Waals surface area contributed by atoms with E-state index in [0.717, 1.165) is 25.9 Å². The first-order valence-electron chi connectivity index (χ1n) is 9.17. The van der Waals surface area contributed by atoms with E-state index in [9.17, 15) is 9.59 Å². The van der Waals surface area contributed by atoms with E-state index in [1.54, 1.807) is 6.92 Å². The van der Waals surface area contributed by atoms with Gasteiger partial charge < -0.3 is 9.80 Å². The number of carbonyl (C=O) groups excluding carboxylic acids is 2. The Balaban J connectivity index is 1.47. The number of hydrogen-bond donors (Lipinski definition) is 0. The number of fused-ring (bicyclic) bond motifs is 1. The molecule has 4 rings (SSSR count). The molecule has 2 aromatic carbocycles. The lowest BCUT2D eigenvalue weighted by atomic mass is 10.00. The van der Waals surface area contributed by atoms with Gasteiger partial charge in [-0.25, -0.2) is 0 Å². The van der Waals surface area contributed by atoms with E-state index < -0.39 is 0 Å². The summed E-state index contributed by atoms with van der Waals surface area (Å²) in [7, 11) is 0. The summed E-state index contributed by atoms with van der Waals surface area (Å²) in [5, 5.41) is 2.51. The highest BCUT2D eigenvalue weighted by molar-refractivity contribution is 5.89. The standard InChI is InChI=1S/C21H24N2O2/c1-15(24)22-10-5-11-23(13-12-22)21(25)20-14-19(20)18-9-4-7-16-6-2-3-8-17(16)18/h2-4,6-9,19-20H,5,10-14H2,1H3/t19-,20-/m1/s1. The molecule has 4 heteroatoms. The number of amides is 2. The van der Waals surface area contributed by atoms with Crippen LogP contribution in [0.1, 0.15) is 31.2 Å². The van der Waals surface area contributed by atoms with Crippen LogP contribution in [0, 0.1) is 5.92 Å². The molecule has 0 aromatic heterocycles. The lowest BCUT2D eigenvalue weighted by Gasteiger charge is -2.21. The smallest absolute Gasteiger partial charge is 0.226 e. The van der Waals surface area contributed by atoms with Crippen LogP contribution >= 0.6 is 0 Å². The SMILES string of the molecule is CC(=O)N1CCCN(C(=O)[C@@H]2C[C@@H]2c2cccc3ccccc23)CC1. The molecule has 0 spiro atoms. The van der Waals surface area contributed by atoms with Crippen LogP contribution in [0.25, 0.3) is 10.8 Å². The average molecular weight is 336 g/mol. The fourth-order valence-electron chi connectivity index (χ4n) is 4.07. The van der Waals surface area contributed by atoms with Gasteiger partial charge in [-0.15, -0.1) is 0 Å². The maximum atomic E-state index is 12.9. The summed E-state index contributed by atoms with van der Waals surface area (Å²) in [4.78, 5) is 28.3. The Kier molecular flexibility index (Phi) is 4.20. The second kappa shape index (κ2) is 6.51. The van der Waals surface area contributed by atoms with Gasteiger partial charge >= 0.3 is 0 Å². The molecular weight excluding hydrogens is 312 g/mol. The first kappa shape index (κ1) is 16.1. The van der Waals surface area contributed by atoms with Crippen molar-refractivity contribution < 1.29 is 9.59 Å². The van der Waals surface area contributed by atoms with Crippen molar-refractivity contribution in [2.24, 2.45) is 5.92 Å². The van der Waals surface area contributed by atoms with Crippen molar-refractivity contribution in [3.05, 3.63) is 48.0 Å². The molecule has 0 bridgehead atoms. The maximum absolute atomic E-state index is 12.9. The molecule has 2 atom stereocenters. The van der Waals surface area contributed by atoms with Crippen molar-refractivity contribution in [1.29, 1.82) is 0 Å². The minimum Gasteiger partial charge on any atom is -0.341 e. The van der Waals surface area contributed by atoms with Crippen molar-refractivity contribution in [2.45, 2.75) is 25.7 Å². The van der Waals surface area contributed by atoms with Crippen molar-refractivity contribution in [3.63, 3.8) is 0 Å². The van der Waals surface area contributed by atoms with Gasteiger partial charge in [0, 0.05) is 39.0 Å². The van der Waals surface area contributed by atoms with Crippen LogP contribution in [0.5, 0.6) is 0 Å². The Morgan fingerprint density at radius 3 is 2.48 bits per heavy atom. The number of rotatable bonds is 2. The molecule has 2 fully saturated rings. The number of hydrogen-bond acceptors (Lipinski definition) is 2. The Labute approximate surface area is 148 Å². The highest BCUT2D eigenvalue weighted by atomic mass is 16.2. The van der Waals surface area contributed by atoms with Gasteiger partial charge in [-0.2, -0.15) is 0 Å². The Hall–Kier alpha value is -2.36. The van der Waals surface area contributed by atoms with Gasteiger partial charge in [-0.05, 0) is 35.1 Å². The Bertz CT molecular complexity index is 811. The molecule has 0 radical (unpaired) electrons. The molecule has 25 heavy (non-hydrogen) atoms. The molecule has 1 saturated heterocycles. The normalized spacial score (nSPS) is 23.4. The van der Waals surface area contributed by atoms with Crippen LogP contribution in [0.4, 0.5) is 0 Å². The van der Waals surface area contributed by atoms with Crippen LogP contribution in [-0.2, 0) is 9.59 Å². The number of carbonyl (C=O) groups is 2. The zero-order chi connectivity index (χ0) is 17.4. The van der Waals surface area contributed by atoms with Crippen LogP contribution < -0.4 is 0 Å². The third-order valence-electron chi connectivity index (χ3n) is 5.58. The topological polar surface area (TPSA) is 40.6 Å². The quantitative estimate of drug-likeness (QED) is 0.846. The van der Waals surface area contributed by atoms with E-state index in [2.05, 4.69) is 42.5 Å².